The van der Waals surface area contributed by atoms with Gasteiger partial charge in [0.1, 0.15) is 0 Å². The van der Waals surface area contributed by atoms with Crippen LogP contribution in [0.5, 0.6) is 0 Å². The average Bonchev–Trinajstić information content (AvgIpc) is 2.93. The van der Waals surface area contributed by atoms with E-state index in [1.807, 2.05) is 4.98 Å². The van der Waals surface area contributed by atoms with Gasteiger partial charge >= 0.3 is 29.2 Å². The molecule has 0 radical (unpaired) electrons. The molecule has 5 atom stereocenters. The number of hydrogen-bond acceptors (Lipinski definition) is 11. The molecule has 2 heterocycles. The number of ether oxygens (including phenoxy) is 1. The number of rotatable bonds is 10. The maximum absolute atomic E-state index is 14.7. The topological polar surface area (TPSA) is 202 Å². The molecule has 0 aliphatic carbocycles. The van der Waals surface area contributed by atoms with Gasteiger partial charge in [0, 0.05) is 32.9 Å². The van der Waals surface area contributed by atoms with E-state index in [1.165, 1.54) is 0 Å². The van der Waals surface area contributed by atoms with Crippen LogP contribution < -0.4 is 11.2 Å². The Labute approximate surface area is 177 Å². The zero-order chi connectivity index (χ0) is 23.7. The molecule has 0 amide bonds. The van der Waals surface area contributed by atoms with Crippen molar-refractivity contribution in [3.8, 4) is 0 Å². The van der Waals surface area contributed by atoms with Gasteiger partial charge in [-0.25, -0.2) is 22.9 Å². The van der Waals surface area contributed by atoms with Crippen molar-refractivity contribution < 1.29 is 54.8 Å². The number of H-pyrrole nitrogens is 1. The van der Waals surface area contributed by atoms with E-state index < -0.39 is 65.2 Å². The van der Waals surface area contributed by atoms with E-state index >= 15 is 0 Å². The molecule has 0 bridgehead atoms. The van der Waals surface area contributed by atoms with Gasteiger partial charge in [-0.05, 0) is 0 Å². The molecule has 15 nitrogen and oxygen atoms in total. The fraction of sp³-hybridized carbons (Fsp3) is 0.636. The van der Waals surface area contributed by atoms with Gasteiger partial charge in [0.15, 0.2) is 6.23 Å². The lowest BCUT2D eigenvalue weighted by Gasteiger charge is -2.21. The molecule has 1 aliphatic rings. The molecule has 3 N–H and O–H groups in total. The van der Waals surface area contributed by atoms with Crippen LogP contribution in [0.4, 0.5) is 4.39 Å². The van der Waals surface area contributed by atoms with E-state index in [1.54, 1.807) is 0 Å². The van der Waals surface area contributed by atoms with Crippen molar-refractivity contribution in [2.75, 3.05) is 20.8 Å². The molecule has 0 saturated carbocycles. The number of nitrogens with zero attached hydrogens (tertiary/aromatic N) is 1. The molecular weight excluding hydrogens is 515 g/mol. The highest BCUT2D eigenvalue weighted by Crippen LogP contribution is 2.69. The lowest BCUT2D eigenvalue weighted by atomic mass is 10.2. The second-order valence-corrected chi connectivity index (χ2v) is 11.5. The van der Waals surface area contributed by atoms with Crippen LogP contribution in [0, 0.1) is 0 Å². The Balaban J connectivity index is 2.04. The van der Waals surface area contributed by atoms with E-state index in [9.17, 15) is 37.5 Å². The normalized spacial score (nSPS) is 28.2. The lowest BCUT2D eigenvalue weighted by molar-refractivity contribution is -0.0461. The minimum absolute atomic E-state index is 0.645. The molecule has 31 heavy (non-hydrogen) atoms. The van der Waals surface area contributed by atoms with Gasteiger partial charge in [0.25, 0.3) is 5.56 Å². The quantitative estimate of drug-likeness (QED) is 0.288. The fourth-order valence-corrected chi connectivity index (χ4v) is 6.32. The maximum atomic E-state index is 14.7. The number of aromatic amines is 1. The van der Waals surface area contributed by atoms with Crippen molar-refractivity contribution in [1.82, 2.24) is 9.55 Å². The summed E-state index contributed by atoms with van der Waals surface area (Å²) in [5.41, 5.74) is -1.78. The number of alkyl halides is 2. The van der Waals surface area contributed by atoms with Crippen LogP contribution >= 0.6 is 35.1 Å². The molecule has 1 aromatic heterocycles. The Kier molecular flexibility index (Phi) is 8.24. The van der Waals surface area contributed by atoms with E-state index in [0.717, 1.165) is 26.5 Å². The molecule has 5 unspecified atom stereocenters. The first-order valence-electron chi connectivity index (χ1n) is 7.91. The predicted molar refractivity (Wildman–Crippen MR) is 98.9 cm³/mol. The summed E-state index contributed by atoms with van der Waals surface area (Å²) in [5.74, 6) is 0. The lowest BCUT2D eigenvalue weighted by Crippen LogP contribution is -2.37. The summed E-state index contributed by atoms with van der Waals surface area (Å²) in [6, 6.07) is 0.912. The minimum Gasteiger partial charge on any atom is -0.347 e. The smallest absolute Gasteiger partial charge is 0.347 e. The number of halogens is 2. The third kappa shape index (κ3) is 7.13. The van der Waals surface area contributed by atoms with Crippen LogP contribution in [0.3, 0.4) is 0 Å². The van der Waals surface area contributed by atoms with Crippen LogP contribution in [0.25, 0.3) is 0 Å². The molecular formula is C11H17ClFN2O13P3. The molecule has 0 spiro atoms. The second kappa shape index (κ2) is 9.64. The number of phosphoric ester groups is 2. The molecule has 178 valence electrons. The standard InChI is InChI=1S/C11H17ClFN2O13P3/c1-23-31(22,24-2)28-30(20,21)27-29(18,19)25-6-7-5-11(12,13)9(26-7)15-4-3-8(16)14-10(15)17/h3-4,7,9H,5-6H2,1-2H3,(H,18,19)(H,20,21)(H,14,16,17). The third-order valence-corrected chi connectivity index (χ3v) is 8.55. The Morgan fingerprint density at radius 3 is 2.42 bits per heavy atom. The maximum Gasteiger partial charge on any atom is 0.490 e. The zero-order valence-electron chi connectivity index (χ0n) is 15.7. The van der Waals surface area contributed by atoms with Crippen molar-refractivity contribution in [2.45, 2.75) is 23.9 Å². The van der Waals surface area contributed by atoms with E-state index in [4.69, 9.17) is 16.3 Å². The Morgan fingerprint density at radius 2 is 1.87 bits per heavy atom. The number of phosphoric acid groups is 3. The van der Waals surface area contributed by atoms with Crippen LogP contribution in [0.2, 0.25) is 0 Å². The van der Waals surface area contributed by atoms with Gasteiger partial charge < -0.3 is 14.5 Å². The minimum atomic E-state index is -5.50. The first-order valence-corrected chi connectivity index (χ1v) is 12.7. The molecule has 1 aromatic rings. The molecule has 1 fully saturated rings. The van der Waals surface area contributed by atoms with Crippen molar-refractivity contribution in [1.29, 1.82) is 0 Å². The van der Waals surface area contributed by atoms with E-state index in [-0.39, 0.29) is 0 Å². The molecule has 20 heteroatoms. The molecule has 2 rings (SSSR count). The average molecular weight is 533 g/mol. The summed E-state index contributed by atoms with van der Waals surface area (Å²) in [6.45, 7) is -0.896. The summed E-state index contributed by atoms with van der Waals surface area (Å²) in [7, 11) is -13.8. The SMILES string of the molecule is COP(=O)(OC)OP(=O)(O)OP(=O)(O)OCC1CC(F)(Cl)C(n2ccc(=O)[nH]c2=O)O1. The first kappa shape index (κ1) is 26.5. The molecule has 0 aromatic carbocycles. The van der Waals surface area contributed by atoms with Crippen LogP contribution in [0.1, 0.15) is 12.6 Å². The van der Waals surface area contributed by atoms with Crippen molar-refractivity contribution >= 4 is 35.1 Å². The van der Waals surface area contributed by atoms with E-state index in [2.05, 4.69) is 22.2 Å². The Hall–Kier alpha value is -0.730. The molecule has 1 saturated heterocycles. The van der Waals surface area contributed by atoms with Crippen LogP contribution in [-0.4, -0.2) is 51.4 Å². The van der Waals surface area contributed by atoms with E-state index in [0.29, 0.717) is 4.57 Å². The summed E-state index contributed by atoms with van der Waals surface area (Å²) < 4.78 is 76.8. The number of aromatic nitrogens is 2. The highest BCUT2D eigenvalue weighted by Gasteiger charge is 2.51. The largest absolute Gasteiger partial charge is 0.490 e. The highest BCUT2D eigenvalue weighted by atomic mass is 35.5. The van der Waals surface area contributed by atoms with Gasteiger partial charge in [-0.3, -0.25) is 27.9 Å². The van der Waals surface area contributed by atoms with Gasteiger partial charge in [0.05, 0.1) is 12.7 Å². The first-order chi connectivity index (χ1) is 14.1. The summed E-state index contributed by atoms with van der Waals surface area (Å²) in [5, 5.41) is -2.69. The summed E-state index contributed by atoms with van der Waals surface area (Å²) in [6.07, 6.45) is -2.80. The van der Waals surface area contributed by atoms with Crippen LogP contribution in [0.15, 0.2) is 21.9 Å². The van der Waals surface area contributed by atoms with Gasteiger partial charge in [-0.1, -0.05) is 11.6 Å². The van der Waals surface area contributed by atoms with Crippen molar-refractivity contribution in [3.05, 3.63) is 33.1 Å². The Bertz CT molecular complexity index is 1050. The van der Waals surface area contributed by atoms with Crippen LogP contribution in [-0.2, 0) is 40.6 Å². The second-order valence-electron chi connectivity index (χ2n) is 5.80. The zero-order valence-corrected chi connectivity index (χ0v) is 19.1. The van der Waals surface area contributed by atoms with Gasteiger partial charge in [-0.15, -0.1) is 0 Å². The van der Waals surface area contributed by atoms with Crippen molar-refractivity contribution in [2.24, 2.45) is 0 Å². The fourth-order valence-electron chi connectivity index (χ4n) is 2.33. The third-order valence-electron chi connectivity index (χ3n) is 3.57. The van der Waals surface area contributed by atoms with Crippen molar-refractivity contribution in [3.63, 3.8) is 0 Å². The summed E-state index contributed by atoms with van der Waals surface area (Å²) >= 11 is 5.71. The number of hydrogen-bond donors (Lipinski definition) is 3. The number of nitrogens with one attached hydrogen (secondary N) is 1. The monoisotopic (exact) mass is 532 g/mol. The molecule has 1 aliphatic heterocycles. The summed E-state index contributed by atoms with van der Waals surface area (Å²) in [4.78, 5) is 43.8. The highest BCUT2D eigenvalue weighted by molar-refractivity contribution is 7.67. The Morgan fingerprint density at radius 1 is 1.26 bits per heavy atom. The van der Waals surface area contributed by atoms with Gasteiger partial charge in [0.2, 0.25) is 5.13 Å². The predicted octanol–water partition coefficient (Wildman–Crippen LogP) is 1.38. The van der Waals surface area contributed by atoms with Gasteiger partial charge in [-0.2, -0.15) is 8.62 Å².